The minimum absolute atomic E-state index is 0.0525. The van der Waals surface area contributed by atoms with Crippen molar-refractivity contribution in [1.82, 2.24) is 0 Å². The van der Waals surface area contributed by atoms with E-state index in [1.165, 1.54) is 56.5 Å². The van der Waals surface area contributed by atoms with Crippen LogP contribution in [-0.2, 0) is 0 Å². The van der Waals surface area contributed by atoms with Crippen LogP contribution in [0.15, 0.2) is 0 Å². The Balaban J connectivity index is 3.22. The van der Waals surface area contributed by atoms with E-state index in [0.29, 0.717) is 6.42 Å². The summed E-state index contributed by atoms with van der Waals surface area (Å²) in [6.07, 6.45) is 6.76. The fourth-order valence-corrected chi connectivity index (χ4v) is 3.61. The number of alkyl halides is 5. The second kappa shape index (κ2) is 15.1. The highest BCUT2D eigenvalue weighted by Crippen LogP contribution is 2.39. The molecule has 0 amide bonds. The molecular weight excluding hydrogens is 355 g/mol. The Morgan fingerprint density at radius 3 is 1.36 bits per heavy atom. The smallest absolute Gasteiger partial charge is 0.196 e. The van der Waals surface area contributed by atoms with Gasteiger partial charge >= 0.3 is 12.1 Å². The van der Waals surface area contributed by atoms with Gasteiger partial charge in [0.05, 0.1) is 0 Å². The summed E-state index contributed by atoms with van der Waals surface area (Å²) in [6, 6.07) is 0. The van der Waals surface area contributed by atoms with Crippen molar-refractivity contribution < 1.29 is 22.0 Å². The zero-order valence-electron chi connectivity index (χ0n) is 15.6. The lowest BCUT2D eigenvalue weighted by Gasteiger charge is -2.19. The number of rotatable bonds is 17. The van der Waals surface area contributed by atoms with Gasteiger partial charge in [-0.1, -0.05) is 71.1 Å². The lowest BCUT2D eigenvalue weighted by Crippen LogP contribution is -2.36. The molecule has 0 aromatic heterocycles. The molecule has 152 valence electrons. The van der Waals surface area contributed by atoms with Crippen LogP contribution in [0.2, 0.25) is 0 Å². The van der Waals surface area contributed by atoms with Gasteiger partial charge in [0.25, 0.3) is 0 Å². The summed E-state index contributed by atoms with van der Waals surface area (Å²) in [7, 11) is 0. The molecule has 0 heterocycles. The van der Waals surface area contributed by atoms with E-state index in [1.807, 2.05) is 11.8 Å². The minimum atomic E-state index is -5.40. The van der Waals surface area contributed by atoms with Gasteiger partial charge in [-0.3, -0.25) is 0 Å². The Kier molecular flexibility index (Phi) is 15.1. The van der Waals surface area contributed by atoms with Crippen LogP contribution in [0.5, 0.6) is 0 Å². The van der Waals surface area contributed by atoms with Crippen molar-refractivity contribution in [2.45, 2.75) is 109 Å². The second-order valence-corrected chi connectivity index (χ2v) is 8.03. The summed E-state index contributed by atoms with van der Waals surface area (Å²) >= 11 is 2.04. The van der Waals surface area contributed by atoms with Crippen LogP contribution in [0, 0.1) is 0 Å². The summed E-state index contributed by atoms with van der Waals surface area (Å²) in [5.41, 5.74) is 0. The Morgan fingerprint density at radius 2 is 0.960 bits per heavy atom. The maximum Gasteiger partial charge on any atom is 0.453 e. The molecule has 6 heteroatoms. The van der Waals surface area contributed by atoms with Crippen molar-refractivity contribution in [2.24, 2.45) is 0 Å². The van der Waals surface area contributed by atoms with E-state index in [1.54, 1.807) is 0 Å². The van der Waals surface area contributed by atoms with E-state index in [2.05, 4.69) is 6.92 Å². The molecule has 0 spiro atoms. The Hall–Kier alpha value is -0.0000000000000000555. The van der Waals surface area contributed by atoms with E-state index in [4.69, 9.17) is 0 Å². The van der Waals surface area contributed by atoms with Gasteiger partial charge in [0.1, 0.15) is 0 Å². The number of hydrogen-bond donors (Lipinski definition) is 0. The van der Waals surface area contributed by atoms with Crippen molar-refractivity contribution in [3.63, 3.8) is 0 Å². The van der Waals surface area contributed by atoms with Crippen LogP contribution in [0.3, 0.4) is 0 Å². The zero-order chi connectivity index (χ0) is 19.0. The van der Waals surface area contributed by atoms with Crippen LogP contribution in [-0.4, -0.2) is 23.6 Å². The molecule has 0 aliphatic rings. The zero-order valence-corrected chi connectivity index (χ0v) is 16.4. The predicted octanol–water partition coefficient (Wildman–Crippen LogP) is 8.40. The average Bonchev–Trinajstić information content (AvgIpc) is 2.53. The molecule has 0 saturated carbocycles. The second-order valence-electron chi connectivity index (χ2n) is 6.81. The Morgan fingerprint density at radius 1 is 0.560 bits per heavy atom. The van der Waals surface area contributed by atoms with Crippen molar-refractivity contribution in [2.75, 3.05) is 11.5 Å². The first-order valence-electron chi connectivity index (χ1n) is 9.83. The minimum Gasteiger partial charge on any atom is -0.196 e. The number of unbranched alkanes of at least 4 members (excludes halogenated alkanes) is 11. The maximum atomic E-state index is 12.7. The van der Waals surface area contributed by atoms with Crippen LogP contribution < -0.4 is 0 Å². The quantitative estimate of drug-likeness (QED) is 0.177. The molecule has 0 bridgehead atoms. The van der Waals surface area contributed by atoms with Gasteiger partial charge in [-0.2, -0.15) is 33.7 Å². The molecule has 0 aromatic carbocycles. The largest absolute Gasteiger partial charge is 0.453 e. The molecule has 0 fully saturated rings. The molecule has 25 heavy (non-hydrogen) atoms. The predicted molar refractivity (Wildman–Crippen MR) is 98.6 cm³/mol. The molecule has 0 atom stereocenters. The van der Waals surface area contributed by atoms with Crippen LogP contribution in [0.25, 0.3) is 0 Å². The molecule has 0 unspecified atom stereocenters. The molecule has 0 nitrogen and oxygen atoms in total. The molecule has 0 N–H and O–H groups in total. The highest BCUT2D eigenvalue weighted by Gasteiger charge is 2.56. The van der Waals surface area contributed by atoms with Crippen molar-refractivity contribution in [3.8, 4) is 0 Å². The lowest BCUT2D eigenvalue weighted by atomic mass is 10.0. The lowest BCUT2D eigenvalue weighted by molar-refractivity contribution is -0.284. The molecule has 0 rings (SSSR count). The van der Waals surface area contributed by atoms with Crippen molar-refractivity contribution in [1.29, 1.82) is 0 Å². The van der Waals surface area contributed by atoms with Crippen molar-refractivity contribution >= 4 is 11.8 Å². The van der Waals surface area contributed by atoms with Gasteiger partial charge in [-0.15, -0.1) is 0 Å². The molecule has 0 aliphatic carbocycles. The first kappa shape index (κ1) is 25.0. The van der Waals surface area contributed by atoms with Gasteiger partial charge in [0.2, 0.25) is 0 Å². The van der Waals surface area contributed by atoms with Gasteiger partial charge < -0.3 is 0 Å². The standard InChI is InChI=1S/C19H35F5S/c1-2-16-25-17-14-12-10-8-6-4-3-5-7-9-11-13-15-18(20,21)19(22,23)24/h2-17H2,1H3. The molecule has 0 aliphatic heterocycles. The summed E-state index contributed by atoms with van der Waals surface area (Å²) in [5.74, 6) is -1.98. The van der Waals surface area contributed by atoms with Crippen LogP contribution in [0.4, 0.5) is 22.0 Å². The van der Waals surface area contributed by atoms with E-state index in [0.717, 1.165) is 25.7 Å². The van der Waals surface area contributed by atoms with E-state index in [9.17, 15) is 22.0 Å². The number of halogens is 5. The molecule has 0 radical (unpaired) electrons. The SMILES string of the molecule is CCCSCCCCCCCCCCCCCCC(F)(F)C(F)(F)F. The first-order chi connectivity index (χ1) is 11.8. The Bertz CT molecular complexity index is 292. The third kappa shape index (κ3) is 14.8. The third-order valence-corrected chi connectivity index (χ3v) is 5.57. The van der Waals surface area contributed by atoms with Gasteiger partial charge in [-0.05, 0) is 30.8 Å². The molecule has 0 aromatic rings. The summed E-state index contributed by atoms with van der Waals surface area (Å²) in [6.45, 7) is 2.21. The normalized spacial score (nSPS) is 12.7. The third-order valence-electron chi connectivity index (χ3n) is 4.29. The maximum absolute atomic E-state index is 12.7. The summed E-state index contributed by atoms with van der Waals surface area (Å²) in [5, 5.41) is 0. The highest BCUT2D eigenvalue weighted by molar-refractivity contribution is 7.99. The topological polar surface area (TPSA) is 0 Å². The fraction of sp³-hybridized carbons (Fsp3) is 1.00. The Labute approximate surface area is 154 Å². The van der Waals surface area contributed by atoms with Gasteiger partial charge in [0, 0.05) is 6.42 Å². The molecule has 0 saturated heterocycles. The fourth-order valence-electron chi connectivity index (χ4n) is 2.71. The first-order valence-corrected chi connectivity index (χ1v) is 11.0. The van der Waals surface area contributed by atoms with Gasteiger partial charge in [-0.25, -0.2) is 0 Å². The summed E-state index contributed by atoms with van der Waals surface area (Å²) < 4.78 is 61.3. The number of thioether (sulfide) groups is 1. The van der Waals surface area contributed by atoms with E-state index in [-0.39, 0.29) is 6.42 Å². The monoisotopic (exact) mass is 390 g/mol. The average molecular weight is 391 g/mol. The van der Waals surface area contributed by atoms with E-state index < -0.39 is 18.5 Å². The van der Waals surface area contributed by atoms with Gasteiger partial charge in [0.15, 0.2) is 0 Å². The molecular formula is C19H35F5S. The summed E-state index contributed by atoms with van der Waals surface area (Å²) in [4.78, 5) is 0. The van der Waals surface area contributed by atoms with E-state index >= 15 is 0 Å². The van der Waals surface area contributed by atoms with Crippen molar-refractivity contribution in [3.05, 3.63) is 0 Å². The number of hydrogen-bond acceptors (Lipinski definition) is 1. The van der Waals surface area contributed by atoms with Crippen LogP contribution in [0.1, 0.15) is 96.8 Å². The van der Waals surface area contributed by atoms with Crippen LogP contribution >= 0.6 is 11.8 Å². The highest BCUT2D eigenvalue weighted by atomic mass is 32.2.